The molecule has 1 atom stereocenters. The number of benzene rings is 1. The molecule has 1 aromatic carbocycles. The maximum atomic E-state index is 5.87. The highest BCUT2D eigenvalue weighted by Gasteiger charge is 2.19. The third-order valence-electron chi connectivity index (χ3n) is 3.29. The third kappa shape index (κ3) is 3.92. The Kier molecular flexibility index (Phi) is 4.80. The number of nitrogens with two attached hydrogens (primary N) is 1. The Bertz CT molecular complexity index is 628. The van der Waals surface area contributed by atoms with Crippen LogP contribution in [0.15, 0.2) is 46.8 Å². The van der Waals surface area contributed by atoms with E-state index in [0.717, 1.165) is 24.5 Å². The van der Waals surface area contributed by atoms with Crippen molar-refractivity contribution in [1.29, 1.82) is 0 Å². The number of hydrogen-bond acceptors (Lipinski definition) is 4. The summed E-state index contributed by atoms with van der Waals surface area (Å²) in [7, 11) is 0. The maximum Gasteiger partial charge on any atom is 0.188 e. The lowest BCUT2D eigenvalue weighted by Crippen LogP contribution is -2.36. The van der Waals surface area contributed by atoms with Crippen molar-refractivity contribution in [2.75, 3.05) is 19.7 Å². The topological polar surface area (TPSA) is 68.9 Å². The average molecular weight is 317 g/mol. The van der Waals surface area contributed by atoms with Crippen LogP contribution in [0.2, 0.25) is 0 Å². The highest BCUT2D eigenvalue weighted by molar-refractivity contribution is 7.09. The molecule has 1 aromatic heterocycles. The molecule has 22 heavy (non-hydrogen) atoms. The molecule has 5 nitrogen and oxygen atoms in total. The van der Waals surface area contributed by atoms with E-state index in [1.54, 1.807) is 11.3 Å². The number of aliphatic imine (C=N–C) groups is 1. The van der Waals surface area contributed by atoms with Crippen LogP contribution in [0.4, 0.5) is 0 Å². The fourth-order valence-electron chi connectivity index (χ4n) is 2.18. The highest BCUT2D eigenvalue weighted by Crippen LogP contribution is 2.30. The zero-order valence-corrected chi connectivity index (χ0v) is 13.0. The average Bonchev–Trinajstić information content (AvgIpc) is 3.06. The third-order valence-corrected chi connectivity index (χ3v) is 4.23. The molecule has 3 rings (SSSR count). The van der Waals surface area contributed by atoms with Crippen LogP contribution < -0.4 is 20.5 Å². The first-order valence-electron chi connectivity index (χ1n) is 7.26. The number of hydrogen-bond donors (Lipinski definition) is 2. The first kappa shape index (κ1) is 14.7. The monoisotopic (exact) mass is 317 g/mol. The van der Waals surface area contributed by atoms with E-state index in [0.29, 0.717) is 19.1 Å². The molecular formula is C16H19N3O2S. The van der Waals surface area contributed by atoms with Crippen molar-refractivity contribution in [3.05, 3.63) is 46.7 Å². The normalized spacial score (nSPS) is 17.3. The summed E-state index contributed by atoms with van der Waals surface area (Å²) < 4.78 is 11.5. The molecule has 3 N–H and O–H groups in total. The minimum atomic E-state index is -0.104. The van der Waals surface area contributed by atoms with Gasteiger partial charge in [-0.25, -0.2) is 4.99 Å². The maximum absolute atomic E-state index is 5.87. The molecule has 2 aromatic rings. The Balaban J connectivity index is 1.43. The van der Waals surface area contributed by atoms with Crippen molar-refractivity contribution < 1.29 is 9.47 Å². The molecule has 0 saturated carbocycles. The zero-order chi connectivity index (χ0) is 15.2. The summed E-state index contributed by atoms with van der Waals surface area (Å²) in [4.78, 5) is 5.66. The number of nitrogens with one attached hydrogen (secondary N) is 1. The van der Waals surface area contributed by atoms with Gasteiger partial charge in [-0.1, -0.05) is 18.2 Å². The fraction of sp³-hybridized carbons (Fsp3) is 0.312. The minimum absolute atomic E-state index is 0.104. The number of ether oxygens (including phenoxy) is 2. The van der Waals surface area contributed by atoms with Crippen LogP contribution in [0, 0.1) is 0 Å². The second-order valence-electron chi connectivity index (χ2n) is 4.98. The van der Waals surface area contributed by atoms with Gasteiger partial charge in [0, 0.05) is 11.4 Å². The zero-order valence-electron chi connectivity index (χ0n) is 12.2. The standard InChI is InChI=1S/C16H19N3O2S/c17-16(18-8-7-13-4-3-9-22-13)19-10-12-11-20-14-5-1-2-6-15(14)21-12/h1-6,9,12H,7-8,10-11H2,(H3,17,18,19). The fourth-order valence-corrected chi connectivity index (χ4v) is 2.89. The van der Waals surface area contributed by atoms with Crippen LogP contribution >= 0.6 is 11.3 Å². The van der Waals surface area contributed by atoms with E-state index >= 15 is 0 Å². The van der Waals surface area contributed by atoms with Gasteiger partial charge in [0.05, 0.1) is 6.54 Å². The predicted octanol–water partition coefficient (Wildman–Crippen LogP) is 2.03. The largest absolute Gasteiger partial charge is 0.486 e. The molecule has 0 radical (unpaired) electrons. The van der Waals surface area contributed by atoms with Crippen molar-refractivity contribution in [1.82, 2.24) is 5.32 Å². The van der Waals surface area contributed by atoms with Gasteiger partial charge in [0.2, 0.25) is 0 Å². The van der Waals surface area contributed by atoms with Gasteiger partial charge in [-0.05, 0) is 30.0 Å². The van der Waals surface area contributed by atoms with Crippen molar-refractivity contribution in [3.8, 4) is 11.5 Å². The lowest BCUT2D eigenvalue weighted by atomic mass is 10.2. The van der Waals surface area contributed by atoms with Crippen molar-refractivity contribution in [2.45, 2.75) is 12.5 Å². The van der Waals surface area contributed by atoms with E-state index in [1.807, 2.05) is 24.3 Å². The first-order valence-corrected chi connectivity index (χ1v) is 8.14. The van der Waals surface area contributed by atoms with Crippen molar-refractivity contribution >= 4 is 17.3 Å². The van der Waals surface area contributed by atoms with Crippen LogP contribution in [0.3, 0.4) is 0 Å². The second kappa shape index (κ2) is 7.17. The molecular weight excluding hydrogens is 298 g/mol. The molecule has 0 saturated heterocycles. The molecule has 0 bridgehead atoms. The van der Waals surface area contributed by atoms with Gasteiger partial charge in [0.1, 0.15) is 6.61 Å². The Morgan fingerprint density at radius 1 is 1.27 bits per heavy atom. The van der Waals surface area contributed by atoms with Gasteiger partial charge >= 0.3 is 0 Å². The van der Waals surface area contributed by atoms with Gasteiger partial charge in [0.15, 0.2) is 23.6 Å². The molecule has 1 aliphatic rings. The van der Waals surface area contributed by atoms with Crippen molar-refractivity contribution in [2.24, 2.45) is 10.7 Å². The molecule has 0 fully saturated rings. The molecule has 0 spiro atoms. The van der Waals surface area contributed by atoms with E-state index in [9.17, 15) is 0 Å². The number of fused-ring (bicyclic) bond motifs is 1. The highest BCUT2D eigenvalue weighted by atomic mass is 32.1. The summed E-state index contributed by atoms with van der Waals surface area (Å²) in [6.07, 6.45) is 0.845. The van der Waals surface area contributed by atoms with E-state index in [2.05, 4.69) is 27.8 Å². The van der Waals surface area contributed by atoms with Gasteiger partial charge in [0.25, 0.3) is 0 Å². The summed E-state index contributed by atoms with van der Waals surface area (Å²) in [6, 6.07) is 11.8. The molecule has 0 aliphatic carbocycles. The number of para-hydroxylation sites is 2. The van der Waals surface area contributed by atoms with Gasteiger partial charge in [-0.15, -0.1) is 11.3 Å². The Morgan fingerprint density at radius 3 is 2.95 bits per heavy atom. The quantitative estimate of drug-likeness (QED) is 0.654. The minimum Gasteiger partial charge on any atom is -0.486 e. The molecule has 2 heterocycles. The van der Waals surface area contributed by atoms with Gasteiger partial charge in [-0.2, -0.15) is 0 Å². The predicted molar refractivity (Wildman–Crippen MR) is 88.9 cm³/mol. The number of nitrogens with zero attached hydrogens (tertiary/aromatic N) is 1. The van der Waals surface area contributed by atoms with E-state index < -0.39 is 0 Å². The first-order chi connectivity index (χ1) is 10.8. The van der Waals surface area contributed by atoms with E-state index in [-0.39, 0.29) is 6.10 Å². The Hall–Kier alpha value is -2.21. The van der Waals surface area contributed by atoms with Crippen molar-refractivity contribution in [3.63, 3.8) is 0 Å². The lowest BCUT2D eigenvalue weighted by Gasteiger charge is -2.25. The summed E-state index contributed by atoms with van der Waals surface area (Å²) >= 11 is 1.75. The van der Waals surface area contributed by atoms with E-state index in [4.69, 9.17) is 15.2 Å². The van der Waals surface area contributed by atoms with Crippen LogP contribution in [-0.2, 0) is 6.42 Å². The molecule has 0 amide bonds. The van der Waals surface area contributed by atoms with Gasteiger partial charge in [-0.3, -0.25) is 0 Å². The SMILES string of the molecule is NC(=NCC1COc2ccccc2O1)NCCc1cccs1. The lowest BCUT2D eigenvalue weighted by molar-refractivity contribution is 0.0972. The van der Waals surface area contributed by atoms with Crippen LogP contribution in [0.1, 0.15) is 4.88 Å². The molecule has 1 aliphatic heterocycles. The Morgan fingerprint density at radius 2 is 2.14 bits per heavy atom. The van der Waals surface area contributed by atoms with Crippen LogP contribution in [0.25, 0.3) is 0 Å². The summed E-state index contributed by atoms with van der Waals surface area (Å²) in [6.45, 7) is 1.75. The number of guanidine groups is 1. The number of rotatable bonds is 5. The van der Waals surface area contributed by atoms with Gasteiger partial charge < -0.3 is 20.5 Å². The summed E-state index contributed by atoms with van der Waals surface area (Å²) in [5.41, 5.74) is 5.87. The molecule has 1 unspecified atom stereocenters. The summed E-state index contributed by atoms with van der Waals surface area (Å²) in [5.74, 6) is 1.99. The van der Waals surface area contributed by atoms with Crippen LogP contribution in [0.5, 0.6) is 11.5 Å². The van der Waals surface area contributed by atoms with E-state index in [1.165, 1.54) is 4.88 Å². The number of thiophene rings is 1. The Labute approximate surface area is 133 Å². The van der Waals surface area contributed by atoms with Crippen LogP contribution in [-0.4, -0.2) is 31.8 Å². The molecule has 6 heteroatoms. The molecule has 116 valence electrons. The second-order valence-corrected chi connectivity index (χ2v) is 6.01. The smallest absolute Gasteiger partial charge is 0.188 e. The summed E-state index contributed by atoms with van der Waals surface area (Å²) in [5, 5.41) is 5.19.